The Morgan fingerprint density at radius 1 is 0.911 bits per heavy atom. The lowest BCUT2D eigenvalue weighted by Gasteiger charge is -2.70. The molecule has 5 rings (SSSR count). The number of esters is 1. The fourth-order valence-corrected chi connectivity index (χ4v) is 11.2. The van der Waals surface area contributed by atoms with Crippen molar-refractivity contribution in [3.63, 3.8) is 0 Å². The van der Waals surface area contributed by atoms with Crippen molar-refractivity contribution in [1.29, 1.82) is 0 Å². The molecule has 0 aromatic rings. The van der Waals surface area contributed by atoms with Gasteiger partial charge in [0.2, 0.25) is 11.8 Å². The fourth-order valence-electron chi connectivity index (χ4n) is 11.2. The summed E-state index contributed by atoms with van der Waals surface area (Å²) in [6.07, 6.45) is 8.50. The van der Waals surface area contributed by atoms with Crippen LogP contribution >= 0.6 is 0 Å². The highest BCUT2D eigenvalue weighted by Gasteiger charge is 2.70. The molecule has 3 N–H and O–H groups in total. The maximum Gasteiger partial charge on any atom is 0.315 e. The van der Waals surface area contributed by atoms with Gasteiger partial charge in [0.15, 0.2) is 5.78 Å². The van der Waals surface area contributed by atoms with Gasteiger partial charge in [0.05, 0.1) is 12.1 Å². The van der Waals surface area contributed by atoms with E-state index in [0.717, 1.165) is 38.5 Å². The minimum atomic E-state index is -0.778. The summed E-state index contributed by atoms with van der Waals surface area (Å²) in [6, 6.07) is 0. The van der Waals surface area contributed by atoms with Crippen molar-refractivity contribution in [2.24, 2.45) is 50.2 Å². The van der Waals surface area contributed by atoms with Crippen LogP contribution in [0.2, 0.25) is 0 Å². The molecular weight excluding hydrogens is 572 g/mol. The predicted molar refractivity (Wildman–Crippen MR) is 168 cm³/mol. The van der Waals surface area contributed by atoms with Crippen LogP contribution < -0.4 is 10.6 Å². The molecule has 0 aromatic carbocycles. The maximum absolute atomic E-state index is 14.5. The number of aliphatic carboxylic acids is 1. The zero-order valence-corrected chi connectivity index (χ0v) is 28.6. The van der Waals surface area contributed by atoms with Crippen molar-refractivity contribution in [3.05, 3.63) is 11.6 Å². The largest absolute Gasteiger partial charge is 0.481 e. The standard InChI is InChI=1S/C36H54N2O7/c1-21(39)37-20-38-27(41)18-28(42)45-26-10-11-34(6)25(31(26,2)3)9-12-36(8)29(34)24(40)17-22-23-19-33(5,30(43)44)14-13-32(23,4)15-16-35(22,36)7/h17,23,25-26,29H,9-16,18-20H2,1-8H3,(H,37,39)(H,38,41)(H,43,44). The molecule has 5 aliphatic carbocycles. The molecule has 4 saturated carbocycles. The van der Waals surface area contributed by atoms with Crippen LogP contribution in [0.4, 0.5) is 0 Å². The van der Waals surface area contributed by atoms with Crippen LogP contribution in [-0.4, -0.2) is 47.4 Å². The van der Waals surface area contributed by atoms with Gasteiger partial charge in [-0.3, -0.25) is 24.0 Å². The third kappa shape index (κ3) is 5.15. The number of hydrogen-bond donors (Lipinski definition) is 3. The topological polar surface area (TPSA) is 139 Å². The number of allylic oxidation sites excluding steroid dienone is 2. The van der Waals surface area contributed by atoms with E-state index in [1.165, 1.54) is 12.5 Å². The van der Waals surface area contributed by atoms with Crippen LogP contribution in [0.5, 0.6) is 0 Å². The number of carboxylic acids is 1. The van der Waals surface area contributed by atoms with Crippen molar-refractivity contribution >= 4 is 29.5 Å². The molecule has 0 aromatic heterocycles. The summed E-state index contributed by atoms with van der Waals surface area (Å²) >= 11 is 0. The molecule has 9 heteroatoms. The van der Waals surface area contributed by atoms with Gasteiger partial charge in [-0.05, 0) is 104 Å². The second-order valence-corrected chi connectivity index (χ2v) is 17.1. The Labute approximate surface area is 268 Å². The van der Waals surface area contributed by atoms with Crippen LogP contribution in [0.3, 0.4) is 0 Å². The SMILES string of the molecule is CC(=O)NCNC(=O)CC(=O)OC1CCC2(C)C(CCC3(C)C2C(=O)C=C2C4CC(C)(C(=O)O)CCC4(C)CCC23C)C1(C)C. The smallest absolute Gasteiger partial charge is 0.315 e. The van der Waals surface area contributed by atoms with Gasteiger partial charge in [0.1, 0.15) is 12.5 Å². The van der Waals surface area contributed by atoms with E-state index in [1.807, 2.05) is 13.0 Å². The van der Waals surface area contributed by atoms with E-state index in [4.69, 9.17) is 4.74 Å². The third-order valence-corrected chi connectivity index (χ3v) is 14.2. The monoisotopic (exact) mass is 626 g/mol. The molecule has 0 heterocycles. The molecule has 0 saturated heterocycles. The molecule has 9 atom stereocenters. The summed E-state index contributed by atoms with van der Waals surface area (Å²) in [7, 11) is 0. The number of rotatable bonds is 6. The summed E-state index contributed by atoms with van der Waals surface area (Å²) in [5, 5.41) is 15.1. The average Bonchev–Trinajstić information content (AvgIpc) is 2.92. The van der Waals surface area contributed by atoms with Gasteiger partial charge in [0.25, 0.3) is 0 Å². The van der Waals surface area contributed by atoms with Crippen molar-refractivity contribution in [1.82, 2.24) is 10.6 Å². The zero-order chi connectivity index (χ0) is 33.4. The Morgan fingerprint density at radius 3 is 2.22 bits per heavy atom. The first-order valence-corrected chi connectivity index (χ1v) is 16.9. The van der Waals surface area contributed by atoms with Crippen molar-refractivity contribution in [2.75, 3.05) is 6.67 Å². The molecular formula is C36H54N2O7. The Balaban J connectivity index is 1.39. The van der Waals surface area contributed by atoms with Crippen molar-refractivity contribution < 1.29 is 33.8 Å². The Kier molecular flexibility index (Phi) is 8.18. The highest BCUT2D eigenvalue weighted by molar-refractivity contribution is 5.96. The second-order valence-electron chi connectivity index (χ2n) is 17.1. The molecule has 45 heavy (non-hydrogen) atoms. The van der Waals surface area contributed by atoms with Crippen molar-refractivity contribution in [3.8, 4) is 0 Å². The van der Waals surface area contributed by atoms with Gasteiger partial charge >= 0.3 is 11.9 Å². The Morgan fingerprint density at radius 2 is 1.58 bits per heavy atom. The number of nitrogens with one attached hydrogen (secondary N) is 2. The highest BCUT2D eigenvalue weighted by Crippen LogP contribution is 2.75. The van der Waals surface area contributed by atoms with Gasteiger partial charge in [-0.1, -0.05) is 47.1 Å². The lowest BCUT2D eigenvalue weighted by molar-refractivity contribution is -0.211. The predicted octanol–water partition coefficient (Wildman–Crippen LogP) is 5.56. The summed E-state index contributed by atoms with van der Waals surface area (Å²) in [4.78, 5) is 63.0. The second kappa shape index (κ2) is 10.9. The first-order chi connectivity index (χ1) is 20.7. The first kappa shape index (κ1) is 33.6. The summed E-state index contributed by atoms with van der Waals surface area (Å²) in [5.74, 6) is -1.86. The number of carbonyl (C=O) groups excluding carboxylic acids is 4. The van der Waals surface area contributed by atoms with E-state index >= 15 is 0 Å². The number of hydrogen-bond acceptors (Lipinski definition) is 6. The van der Waals surface area contributed by atoms with Crippen LogP contribution in [0, 0.1) is 50.2 Å². The molecule has 2 amide bonds. The lowest BCUT2D eigenvalue weighted by atomic mass is 9.33. The molecule has 0 radical (unpaired) electrons. The molecule has 0 bridgehead atoms. The molecule has 5 aliphatic rings. The third-order valence-electron chi connectivity index (χ3n) is 14.2. The summed E-state index contributed by atoms with van der Waals surface area (Å²) in [6.45, 7) is 16.8. The number of ketones is 1. The molecule has 250 valence electrons. The van der Waals surface area contributed by atoms with Gasteiger partial charge in [0, 0.05) is 18.3 Å². The highest BCUT2D eigenvalue weighted by atomic mass is 16.5. The maximum atomic E-state index is 14.5. The zero-order valence-electron chi connectivity index (χ0n) is 28.6. The van der Waals surface area contributed by atoms with E-state index in [1.54, 1.807) is 0 Å². The van der Waals surface area contributed by atoms with Gasteiger partial charge < -0.3 is 20.5 Å². The Bertz CT molecular complexity index is 1340. The van der Waals surface area contributed by atoms with E-state index in [9.17, 15) is 29.1 Å². The number of carboxylic acid groups (broad SMARTS) is 1. The molecule has 0 aliphatic heterocycles. The Hall–Kier alpha value is -2.71. The van der Waals surface area contributed by atoms with E-state index in [0.29, 0.717) is 19.3 Å². The molecule has 9 unspecified atom stereocenters. The van der Waals surface area contributed by atoms with Crippen LogP contribution in [-0.2, 0) is 28.7 Å². The van der Waals surface area contributed by atoms with Gasteiger partial charge in [-0.25, -0.2) is 0 Å². The number of carbonyl (C=O) groups is 5. The fraction of sp³-hybridized carbons (Fsp3) is 0.806. The average molecular weight is 627 g/mol. The van der Waals surface area contributed by atoms with Gasteiger partial charge in [-0.15, -0.1) is 0 Å². The minimum Gasteiger partial charge on any atom is -0.481 e. The van der Waals surface area contributed by atoms with E-state index in [-0.39, 0.29) is 63.9 Å². The molecule has 4 fully saturated rings. The van der Waals surface area contributed by atoms with Crippen molar-refractivity contribution in [2.45, 2.75) is 126 Å². The quantitative estimate of drug-likeness (QED) is 0.199. The first-order valence-electron chi connectivity index (χ1n) is 16.9. The molecule has 0 spiro atoms. The molecule has 9 nitrogen and oxygen atoms in total. The normalized spacial score (nSPS) is 43.3. The van der Waals surface area contributed by atoms with E-state index < -0.39 is 35.1 Å². The van der Waals surface area contributed by atoms with Gasteiger partial charge in [-0.2, -0.15) is 0 Å². The summed E-state index contributed by atoms with van der Waals surface area (Å²) < 4.78 is 5.97. The minimum absolute atomic E-state index is 0.00958. The van der Waals surface area contributed by atoms with E-state index in [2.05, 4.69) is 52.2 Å². The van der Waals surface area contributed by atoms with Crippen LogP contribution in [0.1, 0.15) is 120 Å². The van der Waals surface area contributed by atoms with Crippen LogP contribution in [0.15, 0.2) is 11.6 Å². The number of amides is 2. The summed E-state index contributed by atoms with van der Waals surface area (Å²) in [5.41, 5.74) is -0.718. The number of fused-ring (bicyclic) bond motifs is 7. The lowest BCUT2D eigenvalue weighted by Crippen LogP contribution is -2.66. The number of ether oxygens (including phenoxy) is 1. The van der Waals surface area contributed by atoms with Crippen LogP contribution in [0.25, 0.3) is 0 Å².